The first kappa shape index (κ1) is 22.7. The summed E-state index contributed by atoms with van der Waals surface area (Å²) in [5.74, 6) is -0.847. The molecule has 0 saturated carbocycles. The lowest BCUT2D eigenvalue weighted by molar-refractivity contribution is -0.139. The molecule has 0 spiro atoms. The summed E-state index contributed by atoms with van der Waals surface area (Å²) in [5, 5.41) is 4.56. The third-order valence-electron chi connectivity index (χ3n) is 6.75. The van der Waals surface area contributed by atoms with Crippen molar-refractivity contribution in [1.82, 2.24) is 15.2 Å². The molecule has 1 atom stereocenters. The Morgan fingerprint density at radius 2 is 1.57 bits per heavy atom. The van der Waals surface area contributed by atoms with Crippen LogP contribution in [-0.4, -0.2) is 34.7 Å². The molecule has 0 radical (unpaired) electrons. The second-order valence-electron chi connectivity index (χ2n) is 8.95. The third kappa shape index (κ3) is 4.62. The van der Waals surface area contributed by atoms with Crippen molar-refractivity contribution in [3.63, 3.8) is 0 Å². The van der Waals surface area contributed by atoms with Gasteiger partial charge in [0.2, 0.25) is 0 Å². The van der Waals surface area contributed by atoms with Gasteiger partial charge in [-0.2, -0.15) is 0 Å². The van der Waals surface area contributed by atoms with Crippen LogP contribution in [0.3, 0.4) is 0 Å². The number of ketones is 1. The summed E-state index contributed by atoms with van der Waals surface area (Å²) in [5.41, 5.74) is 5.71. The van der Waals surface area contributed by atoms with Gasteiger partial charge in [0, 0.05) is 35.9 Å². The number of para-hydroxylation sites is 1. The number of nitrogens with zero attached hydrogens (tertiary/aromatic N) is 1. The standard InChI is InChI=1S/C30H29N3O2/c1-21(31-18-16-22-10-4-2-5-11-22)27-28(23-12-6-3-7-13-23)33(30(35)29(27)34)19-17-24-20-32-26-15-9-8-14-25(24)26/h2-15,20,28,31-32H,16-19H2,1H3/b27-21-. The van der Waals surface area contributed by atoms with Crippen molar-refractivity contribution in [2.75, 3.05) is 13.1 Å². The molecule has 1 aliphatic rings. The summed E-state index contributed by atoms with van der Waals surface area (Å²) in [7, 11) is 0. The van der Waals surface area contributed by atoms with Crippen LogP contribution in [0.15, 0.2) is 102 Å². The number of hydrogen-bond donors (Lipinski definition) is 2. The van der Waals surface area contributed by atoms with Crippen molar-refractivity contribution in [3.8, 4) is 0 Å². The molecule has 176 valence electrons. The summed E-state index contributed by atoms with van der Waals surface area (Å²) >= 11 is 0. The van der Waals surface area contributed by atoms with Crippen LogP contribution >= 0.6 is 0 Å². The van der Waals surface area contributed by atoms with Crippen molar-refractivity contribution in [3.05, 3.63) is 119 Å². The van der Waals surface area contributed by atoms with Gasteiger partial charge in [0.1, 0.15) is 0 Å². The van der Waals surface area contributed by atoms with Gasteiger partial charge in [0.25, 0.3) is 11.7 Å². The molecule has 0 bridgehead atoms. The SMILES string of the molecule is C/C(NCCc1ccccc1)=C1/C(=O)C(=O)N(CCc2c[nH]c3ccccc23)C1c1ccccc1. The number of amides is 1. The van der Waals surface area contributed by atoms with Crippen LogP contribution in [0.25, 0.3) is 10.9 Å². The van der Waals surface area contributed by atoms with Crippen molar-refractivity contribution in [2.45, 2.75) is 25.8 Å². The predicted octanol–water partition coefficient (Wildman–Crippen LogP) is 4.97. The minimum Gasteiger partial charge on any atom is -0.388 e. The molecule has 1 aromatic heterocycles. The van der Waals surface area contributed by atoms with Crippen molar-refractivity contribution >= 4 is 22.6 Å². The van der Waals surface area contributed by atoms with Crippen LogP contribution < -0.4 is 5.32 Å². The summed E-state index contributed by atoms with van der Waals surface area (Å²) in [4.78, 5) is 31.5. The molecule has 5 rings (SSSR count). The van der Waals surface area contributed by atoms with Gasteiger partial charge in [-0.15, -0.1) is 0 Å². The lowest BCUT2D eigenvalue weighted by Crippen LogP contribution is -2.31. The quantitative estimate of drug-likeness (QED) is 0.286. The second kappa shape index (κ2) is 10.0. The highest BCUT2D eigenvalue weighted by molar-refractivity contribution is 6.45. The fourth-order valence-electron chi connectivity index (χ4n) is 4.94. The average Bonchev–Trinajstić information content (AvgIpc) is 3.42. The summed E-state index contributed by atoms with van der Waals surface area (Å²) in [6.07, 6.45) is 3.51. The molecule has 35 heavy (non-hydrogen) atoms. The number of carbonyl (C=O) groups excluding carboxylic acids is 2. The highest BCUT2D eigenvalue weighted by Crippen LogP contribution is 2.37. The van der Waals surface area contributed by atoms with Crippen LogP contribution in [0.1, 0.15) is 29.7 Å². The molecule has 2 N–H and O–H groups in total. The molecule has 1 amide bonds. The zero-order chi connectivity index (χ0) is 24.2. The van der Waals surface area contributed by atoms with E-state index in [1.807, 2.05) is 79.9 Å². The van der Waals surface area contributed by atoms with Crippen molar-refractivity contribution in [2.24, 2.45) is 0 Å². The number of H-pyrrole nitrogens is 1. The first-order chi connectivity index (χ1) is 17.1. The number of carbonyl (C=O) groups is 2. The van der Waals surface area contributed by atoms with Crippen LogP contribution in [0.5, 0.6) is 0 Å². The predicted molar refractivity (Wildman–Crippen MR) is 139 cm³/mol. The second-order valence-corrected chi connectivity index (χ2v) is 8.95. The maximum absolute atomic E-state index is 13.3. The van der Waals surface area contributed by atoms with E-state index in [0.717, 1.165) is 34.1 Å². The van der Waals surface area contributed by atoms with E-state index < -0.39 is 17.7 Å². The summed E-state index contributed by atoms with van der Waals surface area (Å²) in [6, 6.07) is 27.8. The molecular weight excluding hydrogens is 434 g/mol. The Morgan fingerprint density at radius 1 is 0.886 bits per heavy atom. The Morgan fingerprint density at radius 3 is 2.34 bits per heavy atom. The van der Waals surface area contributed by atoms with E-state index in [4.69, 9.17) is 0 Å². The Bertz CT molecular complexity index is 1370. The maximum Gasteiger partial charge on any atom is 0.295 e. The number of aromatic amines is 1. The van der Waals surface area contributed by atoms with Crippen LogP contribution in [-0.2, 0) is 22.4 Å². The number of benzene rings is 3. The van der Waals surface area contributed by atoms with Gasteiger partial charge in [-0.05, 0) is 42.5 Å². The topological polar surface area (TPSA) is 65.2 Å². The Labute approximate surface area is 205 Å². The van der Waals surface area contributed by atoms with Crippen LogP contribution in [0.4, 0.5) is 0 Å². The number of fused-ring (bicyclic) bond motifs is 1. The number of nitrogens with one attached hydrogen (secondary N) is 2. The van der Waals surface area contributed by atoms with Gasteiger partial charge < -0.3 is 15.2 Å². The van der Waals surface area contributed by atoms with E-state index >= 15 is 0 Å². The number of hydrogen-bond acceptors (Lipinski definition) is 3. The fraction of sp³-hybridized carbons (Fsp3) is 0.200. The third-order valence-corrected chi connectivity index (χ3v) is 6.75. The first-order valence-corrected chi connectivity index (χ1v) is 12.1. The van der Waals surface area contributed by atoms with E-state index in [-0.39, 0.29) is 0 Å². The number of rotatable bonds is 8. The molecule has 0 aliphatic carbocycles. The van der Waals surface area contributed by atoms with Crippen LogP contribution in [0.2, 0.25) is 0 Å². The Balaban J connectivity index is 1.41. The van der Waals surface area contributed by atoms with Crippen LogP contribution in [0, 0.1) is 0 Å². The highest BCUT2D eigenvalue weighted by Gasteiger charge is 2.44. The minimum absolute atomic E-state index is 0.398. The molecule has 5 nitrogen and oxygen atoms in total. The Kier molecular flexibility index (Phi) is 6.49. The lowest BCUT2D eigenvalue weighted by atomic mass is 9.97. The Hall–Kier alpha value is -4.12. The molecule has 1 unspecified atom stereocenters. The fourth-order valence-corrected chi connectivity index (χ4v) is 4.94. The lowest BCUT2D eigenvalue weighted by Gasteiger charge is -2.26. The zero-order valence-electron chi connectivity index (χ0n) is 19.8. The van der Waals surface area contributed by atoms with Gasteiger partial charge in [0.15, 0.2) is 0 Å². The summed E-state index contributed by atoms with van der Waals surface area (Å²) in [6.45, 7) is 3.06. The molecule has 1 saturated heterocycles. The number of allylic oxidation sites excluding steroid dienone is 1. The molecule has 2 heterocycles. The normalized spacial score (nSPS) is 17.3. The van der Waals surface area contributed by atoms with E-state index in [9.17, 15) is 9.59 Å². The van der Waals surface area contributed by atoms with Gasteiger partial charge in [-0.1, -0.05) is 78.9 Å². The molecule has 1 fully saturated rings. The highest BCUT2D eigenvalue weighted by atomic mass is 16.2. The smallest absolute Gasteiger partial charge is 0.295 e. The van der Waals surface area contributed by atoms with E-state index in [2.05, 4.69) is 28.5 Å². The monoisotopic (exact) mass is 463 g/mol. The van der Waals surface area contributed by atoms with Crippen molar-refractivity contribution in [1.29, 1.82) is 0 Å². The minimum atomic E-state index is -0.432. The molecule has 4 aromatic rings. The number of Topliss-reactive ketones (excluding diaryl/α,β-unsaturated/α-hetero) is 1. The zero-order valence-corrected chi connectivity index (χ0v) is 19.8. The molecular formula is C30H29N3O2. The summed E-state index contributed by atoms with van der Waals surface area (Å²) < 4.78 is 0. The molecule has 5 heteroatoms. The van der Waals surface area contributed by atoms with Gasteiger partial charge >= 0.3 is 0 Å². The average molecular weight is 464 g/mol. The maximum atomic E-state index is 13.3. The largest absolute Gasteiger partial charge is 0.388 e. The van der Waals surface area contributed by atoms with Gasteiger partial charge in [-0.25, -0.2) is 0 Å². The molecule has 3 aromatic carbocycles. The first-order valence-electron chi connectivity index (χ1n) is 12.1. The number of aromatic nitrogens is 1. The van der Waals surface area contributed by atoms with E-state index in [0.29, 0.717) is 25.1 Å². The van der Waals surface area contributed by atoms with Crippen molar-refractivity contribution < 1.29 is 9.59 Å². The van der Waals surface area contributed by atoms with E-state index in [1.165, 1.54) is 5.56 Å². The molecule has 1 aliphatic heterocycles. The van der Waals surface area contributed by atoms with Gasteiger partial charge in [0.05, 0.1) is 11.6 Å². The van der Waals surface area contributed by atoms with Gasteiger partial charge in [-0.3, -0.25) is 9.59 Å². The number of likely N-dealkylation sites (tertiary alicyclic amines) is 1. The van der Waals surface area contributed by atoms with E-state index in [1.54, 1.807) is 4.90 Å².